The van der Waals surface area contributed by atoms with Crippen molar-refractivity contribution in [1.29, 1.82) is 0 Å². The number of unbranched alkanes of at least 4 members (excludes halogenated alkanes) is 2. The van der Waals surface area contributed by atoms with E-state index in [9.17, 15) is 18.8 Å². The molecule has 8 heteroatoms. The van der Waals surface area contributed by atoms with Crippen molar-refractivity contribution in [3.8, 4) is 0 Å². The van der Waals surface area contributed by atoms with Crippen LogP contribution in [0.1, 0.15) is 45.1 Å². The highest BCUT2D eigenvalue weighted by Crippen LogP contribution is 2.19. The van der Waals surface area contributed by atoms with Gasteiger partial charge >= 0.3 is 5.69 Å². The summed E-state index contributed by atoms with van der Waals surface area (Å²) < 4.78 is 15.1. The summed E-state index contributed by atoms with van der Waals surface area (Å²) in [6.07, 6.45) is 5.51. The van der Waals surface area contributed by atoms with Gasteiger partial charge in [-0.3, -0.25) is 19.1 Å². The third kappa shape index (κ3) is 5.43. The van der Waals surface area contributed by atoms with Crippen LogP contribution in [-0.2, 0) is 11.3 Å². The van der Waals surface area contributed by atoms with Crippen molar-refractivity contribution in [2.45, 2.75) is 46.1 Å². The molecule has 0 spiro atoms. The number of carbonyl (C=O) groups is 1. The van der Waals surface area contributed by atoms with E-state index in [0.717, 1.165) is 12.8 Å². The van der Waals surface area contributed by atoms with E-state index < -0.39 is 23.0 Å². The maximum Gasteiger partial charge on any atom is 0.330 e. The molecule has 0 aliphatic heterocycles. The zero-order valence-electron chi connectivity index (χ0n) is 16.8. The number of aromatic nitrogens is 2. The molecule has 1 aromatic heterocycles. The van der Waals surface area contributed by atoms with Gasteiger partial charge in [0.2, 0.25) is 0 Å². The van der Waals surface area contributed by atoms with Gasteiger partial charge in [-0.2, -0.15) is 0 Å². The van der Waals surface area contributed by atoms with Crippen molar-refractivity contribution >= 4 is 23.5 Å². The van der Waals surface area contributed by atoms with Crippen LogP contribution in [0.5, 0.6) is 0 Å². The number of amides is 1. The Morgan fingerprint density at radius 3 is 2.55 bits per heavy atom. The monoisotopic (exact) mass is 402 g/mol. The van der Waals surface area contributed by atoms with Crippen molar-refractivity contribution < 1.29 is 9.18 Å². The number of nitrogen functional groups attached to an aromatic ring is 1. The summed E-state index contributed by atoms with van der Waals surface area (Å²) in [6.45, 7) is 4.51. The summed E-state index contributed by atoms with van der Waals surface area (Å²) in [4.78, 5) is 41.0. The van der Waals surface area contributed by atoms with Gasteiger partial charge in [0, 0.05) is 24.7 Å². The number of aromatic amines is 1. The van der Waals surface area contributed by atoms with Gasteiger partial charge in [0.25, 0.3) is 11.5 Å². The molecule has 2 aromatic rings. The summed E-state index contributed by atoms with van der Waals surface area (Å²) in [5.74, 6) is -1.02. The van der Waals surface area contributed by atoms with Crippen LogP contribution >= 0.6 is 0 Å². The van der Waals surface area contributed by atoms with Crippen LogP contribution in [0.2, 0.25) is 0 Å². The van der Waals surface area contributed by atoms with Crippen LogP contribution < -0.4 is 21.9 Å². The van der Waals surface area contributed by atoms with Gasteiger partial charge in [-0.15, -0.1) is 0 Å². The third-order valence-corrected chi connectivity index (χ3v) is 4.53. The fourth-order valence-electron chi connectivity index (χ4n) is 2.89. The quantitative estimate of drug-likeness (QED) is 0.630. The molecule has 1 aromatic carbocycles. The van der Waals surface area contributed by atoms with Gasteiger partial charge in [-0.1, -0.05) is 44.9 Å². The lowest BCUT2D eigenvalue weighted by molar-refractivity contribution is -0.114. The Labute approximate surface area is 168 Å². The van der Waals surface area contributed by atoms with E-state index in [-0.39, 0.29) is 23.6 Å². The number of hydrogen-bond donors (Lipinski definition) is 2. The van der Waals surface area contributed by atoms with Crippen molar-refractivity contribution in [2.24, 2.45) is 0 Å². The molecule has 3 N–H and O–H groups in total. The second-order valence-corrected chi connectivity index (χ2v) is 6.70. The summed E-state index contributed by atoms with van der Waals surface area (Å²) >= 11 is 0. The number of nitrogens with zero attached hydrogens (tertiary/aromatic N) is 2. The van der Waals surface area contributed by atoms with Crippen molar-refractivity contribution in [1.82, 2.24) is 9.55 Å². The first-order valence-electron chi connectivity index (χ1n) is 9.77. The average Bonchev–Trinajstić information content (AvgIpc) is 2.69. The number of benzene rings is 1. The molecule has 156 valence electrons. The van der Waals surface area contributed by atoms with Crippen LogP contribution in [-0.4, -0.2) is 22.0 Å². The van der Waals surface area contributed by atoms with E-state index >= 15 is 0 Å². The molecule has 0 saturated carbocycles. The minimum absolute atomic E-state index is 0.0454. The summed E-state index contributed by atoms with van der Waals surface area (Å²) in [5.41, 5.74) is 5.01. The van der Waals surface area contributed by atoms with Crippen molar-refractivity contribution in [3.63, 3.8) is 0 Å². The second kappa shape index (κ2) is 10.4. The molecule has 0 aliphatic rings. The molecule has 7 nitrogen and oxygen atoms in total. The standard InChI is InChI=1S/C21H27FN4O3/c1-3-5-13-25(17(27)12-11-15-9-7-8-10-16(15)22)18-19(23)26(14-6-4-2)21(29)24-20(18)28/h7-12H,3-6,13-14,23H2,1-2H3,(H,24,28,29)/b12-11+. The molecule has 2 rings (SSSR count). The van der Waals surface area contributed by atoms with E-state index in [4.69, 9.17) is 5.73 Å². The van der Waals surface area contributed by atoms with E-state index in [0.29, 0.717) is 19.4 Å². The Morgan fingerprint density at radius 2 is 1.90 bits per heavy atom. The first kappa shape index (κ1) is 22.1. The molecule has 0 atom stereocenters. The van der Waals surface area contributed by atoms with E-state index in [1.165, 1.54) is 27.7 Å². The van der Waals surface area contributed by atoms with E-state index in [1.807, 2.05) is 13.8 Å². The highest BCUT2D eigenvalue weighted by molar-refractivity contribution is 6.05. The fraction of sp³-hybridized carbons (Fsp3) is 0.381. The Morgan fingerprint density at radius 1 is 1.21 bits per heavy atom. The van der Waals surface area contributed by atoms with Crippen LogP contribution in [0.15, 0.2) is 39.9 Å². The smallest absolute Gasteiger partial charge is 0.330 e. The van der Waals surface area contributed by atoms with Gasteiger partial charge in [0.05, 0.1) is 0 Å². The predicted octanol–water partition coefficient (Wildman–Crippen LogP) is 2.90. The molecular formula is C21H27FN4O3. The molecule has 0 saturated heterocycles. The van der Waals surface area contributed by atoms with Gasteiger partial charge in [-0.25, -0.2) is 9.18 Å². The lowest BCUT2D eigenvalue weighted by Gasteiger charge is -2.23. The SMILES string of the molecule is CCCCN(C(=O)/C=C/c1ccccc1F)c1c(N)n(CCCC)c(=O)[nH]c1=O. The van der Waals surface area contributed by atoms with Crippen LogP contribution in [0.25, 0.3) is 6.08 Å². The molecule has 0 unspecified atom stereocenters. The van der Waals surface area contributed by atoms with Gasteiger partial charge in [0.15, 0.2) is 5.69 Å². The molecule has 0 radical (unpaired) electrons. The molecule has 0 bridgehead atoms. The topological polar surface area (TPSA) is 101 Å². The van der Waals surface area contributed by atoms with Gasteiger partial charge in [0.1, 0.15) is 11.6 Å². The second-order valence-electron chi connectivity index (χ2n) is 6.70. The Kier molecular flexibility index (Phi) is 7.94. The van der Waals surface area contributed by atoms with Crippen molar-refractivity contribution in [2.75, 3.05) is 17.2 Å². The Balaban J connectivity index is 2.46. The number of anilines is 2. The first-order chi connectivity index (χ1) is 13.9. The van der Waals surface area contributed by atoms with Crippen LogP contribution in [0.3, 0.4) is 0 Å². The molecule has 1 heterocycles. The zero-order chi connectivity index (χ0) is 21.4. The summed E-state index contributed by atoms with van der Waals surface area (Å²) in [5, 5.41) is 0. The third-order valence-electron chi connectivity index (χ3n) is 4.53. The Hall–Kier alpha value is -3.16. The normalized spacial score (nSPS) is 11.1. The number of nitrogens with two attached hydrogens (primary N) is 1. The average molecular weight is 402 g/mol. The largest absolute Gasteiger partial charge is 0.383 e. The van der Waals surface area contributed by atoms with E-state index in [2.05, 4.69) is 4.98 Å². The highest BCUT2D eigenvalue weighted by atomic mass is 19.1. The molecule has 1 amide bonds. The Bertz CT molecular complexity index is 994. The number of H-pyrrole nitrogens is 1. The molecular weight excluding hydrogens is 375 g/mol. The predicted molar refractivity (Wildman–Crippen MR) is 113 cm³/mol. The maximum absolute atomic E-state index is 13.8. The number of halogens is 1. The molecule has 0 fully saturated rings. The number of carbonyl (C=O) groups excluding carboxylic acids is 1. The summed E-state index contributed by atoms with van der Waals surface area (Å²) in [6, 6.07) is 6.06. The zero-order valence-corrected chi connectivity index (χ0v) is 16.8. The molecule has 29 heavy (non-hydrogen) atoms. The van der Waals surface area contributed by atoms with Crippen molar-refractivity contribution in [3.05, 3.63) is 62.6 Å². The lowest BCUT2D eigenvalue weighted by Crippen LogP contribution is -2.41. The van der Waals surface area contributed by atoms with Gasteiger partial charge in [-0.05, 0) is 25.0 Å². The van der Waals surface area contributed by atoms with Crippen LogP contribution in [0.4, 0.5) is 15.9 Å². The minimum atomic E-state index is -0.719. The maximum atomic E-state index is 13.8. The minimum Gasteiger partial charge on any atom is -0.383 e. The lowest BCUT2D eigenvalue weighted by atomic mass is 10.2. The fourth-order valence-corrected chi connectivity index (χ4v) is 2.89. The van der Waals surface area contributed by atoms with Crippen LogP contribution in [0, 0.1) is 5.82 Å². The number of rotatable bonds is 9. The molecule has 0 aliphatic carbocycles. The highest BCUT2D eigenvalue weighted by Gasteiger charge is 2.22. The summed E-state index contributed by atoms with van der Waals surface area (Å²) in [7, 11) is 0. The van der Waals surface area contributed by atoms with Gasteiger partial charge < -0.3 is 10.6 Å². The number of hydrogen-bond acceptors (Lipinski definition) is 4. The van der Waals surface area contributed by atoms with E-state index in [1.54, 1.807) is 18.2 Å². The number of nitrogens with one attached hydrogen (secondary N) is 1. The first-order valence-corrected chi connectivity index (χ1v) is 9.77.